The second-order valence-electron chi connectivity index (χ2n) is 4.47. The quantitative estimate of drug-likeness (QED) is 0.690. The van der Waals surface area contributed by atoms with Crippen LogP contribution in [-0.4, -0.2) is 5.92 Å². The number of hydrogen-bond acceptors (Lipinski definition) is 1. The van der Waals surface area contributed by atoms with Gasteiger partial charge in [-0.05, 0) is 17.2 Å². The lowest BCUT2D eigenvalue weighted by molar-refractivity contribution is -0.115. The molecule has 0 bridgehead atoms. The van der Waals surface area contributed by atoms with Crippen molar-refractivity contribution in [3.8, 4) is 0 Å². The molecule has 0 aliphatic carbocycles. The largest absolute Gasteiger partial charge is 0.362 e. The lowest BCUT2D eigenvalue weighted by Gasteiger charge is -2.25. The SMILES string of the molecule is C=CC(F)(F)C(OCc1ccccc1)c1ccccc1. The van der Waals surface area contributed by atoms with Crippen LogP contribution in [0.5, 0.6) is 0 Å². The Morgan fingerprint density at radius 1 is 1.00 bits per heavy atom. The van der Waals surface area contributed by atoms with E-state index in [2.05, 4.69) is 6.58 Å². The van der Waals surface area contributed by atoms with Gasteiger partial charge in [0.05, 0.1) is 6.61 Å². The fourth-order valence-electron chi connectivity index (χ4n) is 1.92. The molecule has 0 amide bonds. The summed E-state index contributed by atoms with van der Waals surface area (Å²) in [6, 6.07) is 17.7. The second kappa shape index (κ2) is 6.44. The Kier molecular flexibility index (Phi) is 4.64. The van der Waals surface area contributed by atoms with Crippen LogP contribution in [0.15, 0.2) is 73.3 Å². The van der Waals surface area contributed by atoms with Crippen LogP contribution in [0.2, 0.25) is 0 Å². The summed E-state index contributed by atoms with van der Waals surface area (Å²) >= 11 is 0. The molecule has 20 heavy (non-hydrogen) atoms. The van der Waals surface area contributed by atoms with Crippen molar-refractivity contribution in [1.82, 2.24) is 0 Å². The topological polar surface area (TPSA) is 9.23 Å². The van der Waals surface area contributed by atoms with Gasteiger partial charge in [-0.25, -0.2) is 0 Å². The molecule has 104 valence electrons. The minimum absolute atomic E-state index is 0.129. The van der Waals surface area contributed by atoms with E-state index >= 15 is 0 Å². The Labute approximate surface area is 117 Å². The van der Waals surface area contributed by atoms with Gasteiger partial charge < -0.3 is 4.74 Å². The lowest BCUT2D eigenvalue weighted by atomic mass is 10.0. The smallest absolute Gasteiger partial charge is 0.295 e. The van der Waals surface area contributed by atoms with Crippen molar-refractivity contribution in [3.05, 3.63) is 84.4 Å². The molecular weight excluding hydrogens is 258 g/mol. The van der Waals surface area contributed by atoms with Crippen LogP contribution in [0.1, 0.15) is 17.2 Å². The van der Waals surface area contributed by atoms with Gasteiger partial charge in [0.1, 0.15) is 0 Å². The summed E-state index contributed by atoms with van der Waals surface area (Å²) in [5.74, 6) is -3.11. The first-order valence-electron chi connectivity index (χ1n) is 6.35. The van der Waals surface area contributed by atoms with Crippen LogP contribution in [0.25, 0.3) is 0 Å². The van der Waals surface area contributed by atoms with Crippen molar-refractivity contribution in [1.29, 1.82) is 0 Å². The van der Waals surface area contributed by atoms with Crippen molar-refractivity contribution >= 4 is 0 Å². The molecule has 3 heteroatoms. The van der Waals surface area contributed by atoms with E-state index < -0.39 is 12.0 Å². The molecule has 0 spiro atoms. The van der Waals surface area contributed by atoms with Gasteiger partial charge in [-0.15, -0.1) is 0 Å². The van der Waals surface area contributed by atoms with Gasteiger partial charge in [-0.3, -0.25) is 0 Å². The van der Waals surface area contributed by atoms with E-state index in [1.165, 1.54) is 0 Å². The highest BCUT2D eigenvalue weighted by atomic mass is 19.3. The number of benzene rings is 2. The minimum Gasteiger partial charge on any atom is -0.362 e. The van der Waals surface area contributed by atoms with Crippen LogP contribution < -0.4 is 0 Å². The summed E-state index contributed by atoms with van der Waals surface area (Å²) in [5, 5.41) is 0. The van der Waals surface area contributed by atoms with E-state index in [4.69, 9.17) is 4.74 Å². The number of rotatable bonds is 6. The molecule has 0 saturated heterocycles. The van der Waals surface area contributed by atoms with Crippen LogP contribution in [0.4, 0.5) is 8.78 Å². The van der Waals surface area contributed by atoms with Gasteiger partial charge in [0.2, 0.25) is 0 Å². The van der Waals surface area contributed by atoms with E-state index in [1.54, 1.807) is 30.3 Å². The highest BCUT2D eigenvalue weighted by Crippen LogP contribution is 2.36. The molecule has 2 rings (SSSR count). The molecular formula is C17H16F2O. The Bertz CT molecular complexity index is 537. The Hall–Kier alpha value is -2.00. The van der Waals surface area contributed by atoms with Crippen molar-refractivity contribution in [3.63, 3.8) is 0 Å². The minimum atomic E-state index is -3.11. The predicted molar refractivity (Wildman–Crippen MR) is 75.6 cm³/mol. The van der Waals surface area contributed by atoms with E-state index in [-0.39, 0.29) is 6.61 Å². The maximum Gasteiger partial charge on any atom is 0.295 e. The number of alkyl halides is 2. The van der Waals surface area contributed by atoms with E-state index in [9.17, 15) is 8.78 Å². The summed E-state index contributed by atoms with van der Waals surface area (Å²) < 4.78 is 33.4. The van der Waals surface area contributed by atoms with Gasteiger partial charge in [0, 0.05) is 0 Å². The molecule has 0 radical (unpaired) electrons. The molecule has 1 unspecified atom stereocenters. The number of hydrogen-bond donors (Lipinski definition) is 0. The maximum atomic E-state index is 14.0. The van der Waals surface area contributed by atoms with E-state index in [0.717, 1.165) is 5.56 Å². The molecule has 1 atom stereocenters. The summed E-state index contributed by atoms with van der Waals surface area (Å²) in [7, 11) is 0. The van der Waals surface area contributed by atoms with Crippen molar-refractivity contribution in [2.45, 2.75) is 18.6 Å². The average Bonchev–Trinajstić information content (AvgIpc) is 2.49. The van der Waals surface area contributed by atoms with Crippen molar-refractivity contribution < 1.29 is 13.5 Å². The van der Waals surface area contributed by atoms with Crippen LogP contribution >= 0.6 is 0 Å². The summed E-state index contributed by atoms with van der Waals surface area (Å²) in [6.45, 7) is 3.33. The van der Waals surface area contributed by atoms with Gasteiger partial charge in [0.25, 0.3) is 5.92 Å². The molecule has 0 heterocycles. The maximum absolute atomic E-state index is 14.0. The standard InChI is InChI=1S/C17H16F2O/c1-2-17(18,19)16(15-11-7-4-8-12-15)20-13-14-9-5-3-6-10-14/h2-12,16H,1,13H2. The van der Waals surface area contributed by atoms with E-state index in [1.807, 2.05) is 30.3 Å². The molecule has 2 aromatic rings. The summed E-state index contributed by atoms with van der Waals surface area (Å²) in [5.41, 5.74) is 1.29. The summed E-state index contributed by atoms with van der Waals surface area (Å²) in [6.07, 6.45) is -0.697. The van der Waals surface area contributed by atoms with Gasteiger partial charge >= 0.3 is 0 Å². The molecule has 0 aliphatic heterocycles. The van der Waals surface area contributed by atoms with Crippen LogP contribution in [0.3, 0.4) is 0 Å². The van der Waals surface area contributed by atoms with Crippen molar-refractivity contribution in [2.75, 3.05) is 0 Å². The third kappa shape index (κ3) is 3.52. The fraction of sp³-hybridized carbons (Fsp3) is 0.176. The first kappa shape index (κ1) is 14.4. The first-order chi connectivity index (χ1) is 9.63. The molecule has 0 aromatic heterocycles. The number of ether oxygens (including phenoxy) is 1. The highest BCUT2D eigenvalue weighted by Gasteiger charge is 2.38. The Morgan fingerprint density at radius 2 is 1.55 bits per heavy atom. The first-order valence-corrected chi connectivity index (χ1v) is 6.35. The Balaban J connectivity index is 2.18. The third-order valence-electron chi connectivity index (χ3n) is 2.98. The monoisotopic (exact) mass is 274 g/mol. The Morgan fingerprint density at radius 3 is 2.10 bits per heavy atom. The molecule has 0 N–H and O–H groups in total. The van der Waals surface area contributed by atoms with Crippen LogP contribution in [-0.2, 0) is 11.3 Å². The zero-order chi connectivity index (χ0) is 14.4. The zero-order valence-corrected chi connectivity index (χ0v) is 11.0. The predicted octanol–water partition coefficient (Wildman–Crippen LogP) is 4.77. The molecule has 0 saturated carbocycles. The van der Waals surface area contributed by atoms with E-state index in [0.29, 0.717) is 11.6 Å². The second-order valence-corrected chi connectivity index (χ2v) is 4.47. The van der Waals surface area contributed by atoms with Crippen molar-refractivity contribution in [2.24, 2.45) is 0 Å². The normalized spacial score (nSPS) is 12.9. The van der Waals surface area contributed by atoms with Crippen LogP contribution in [0, 0.1) is 0 Å². The molecule has 0 fully saturated rings. The van der Waals surface area contributed by atoms with Gasteiger partial charge in [-0.2, -0.15) is 8.78 Å². The number of halogens is 2. The molecule has 0 aliphatic rings. The lowest BCUT2D eigenvalue weighted by Crippen LogP contribution is -2.26. The third-order valence-corrected chi connectivity index (χ3v) is 2.98. The average molecular weight is 274 g/mol. The molecule has 2 aromatic carbocycles. The summed E-state index contributed by atoms with van der Waals surface area (Å²) in [4.78, 5) is 0. The van der Waals surface area contributed by atoms with Gasteiger partial charge in [0.15, 0.2) is 6.10 Å². The molecule has 1 nitrogen and oxygen atoms in total. The zero-order valence-electron chi connectivity index (χ0n) is 11.0. The highest BCUT2D eigenvalue weighted by molar-refractivity contribution is 5.22. The van der Waals surface area contributed by atoms with Gasteiger partial charge in [-0.1, -0.05) is 67.2 Å². The fourth-order valence-corrected chi connectivity index (χ4v) is 1.92.